The number of carboxylic acid groups (broad SMARTS) is 1. The van der Waals surface area contributed by atoms with E-state index in [1.165, 1.54) is 0 Å². The number of nitriles is 1. The van der Waals surface area contributed by atoms with Gasteiger partial charge in [0.15, 0.2) is 0 Å². The highest BCUT2D eigenvalue weighted by atomic mass is 16.5. The Morgan fingerprint density at radius 2 is 1.90 bits per heavy atom. The highest BCUT2D eigenvalue weighted by Gasteiger charge is 2.46. The SMILES string of the molecule is C=CC(C)CC/C=C/CC(C#N)CC(C)(CC(C)(CC)C(=O)OCC(O)COc1ccc(/C=C/C)cc1CO)C(=O)O. The summed E-state index contributed by atoms with van der Waals surface area (Å²) >= 11 is 0. The van der Waals surface area contributed by atoms with Crippen molar-refractivity contribution >= 4 is 18.0 Å². The van der Waals surface area contributed by atoms with Gasteiger partial charge in [0.25, 0.3) is 0 Å². The van der Waals surface area contributed by atoms with Crippen molar-refractivity contribution in [2.75, 3.05) is 13.2 Å². The molecule has 0 amide bonds. The van der Waals surface area contributed by atoms with Crippen LogP contribution in [0.2, 0.25) is 0 Å². The fraction of sp³-hybridized carbons (Fsp3) is 0.559. The van der Waals surface area contributed by atoms with Gasteiger partial charge < -0.3 is 24.8 Å². The molecule has 0 bridgehead atoms. The van der Waals surface area contributed by atoms with Gasteiger partial charge in [-0.15, -0.1) is 6.58 Å². The summed E-state index contributed by atoms with van der Waals surface area (Å²) in [6, 6.07) is 7.54. The van der Waals surface area contributed by atoms with E-state index in [1.807, 2.05) is 43.4 Å². The molecule has 3 N–H and O–H groups in total. The molecule has 0 radical (unpaired) electrons. The predicted molar refractivity (Wildman–Crippen MR) is 164 cm³/mol. The third-order valence-corrected chi connectivity index (χ3v) is 7.68. The molecular formula is C34H49NO7. The van der Waals surface area contributed by atoms with Crippen LogP contribution >= 0.6 is 0 Å². The van der Waals surface area contributed by atoms with E-state index in [4.69, 9.17) is 9.47 Å². The maximum absolute atomic E-state index is 13.2. The second kappa shape index (κ2) is 18.2. The summed E-state index contributed by atoms with van der Waals surface area (Å²) < 4.78 is 11.1. The van der Waals surface area contributed by atoms with Crippen LogP contribution in [-0.4, -0.2) is 46.6 Å². The van der Waals surface area contributed by atoms with Crippen LogP contribution in [0, 0.1) is 34.0 Å². The highest BCUT2D eigenvalue weighted by Crippen LogP contribution is 2.42. The molecule has 42 heavy (non-hydrogen) atoms. The van der Waals surface area contributed by atoms with Crippen molar-refractivity contribution in [2.24, 2.45) is 22.7 Å². The third-order valence-electron chi connectivity index (χ3n) is 7.68. The van der Waals surface area contributed by atoms with Crippen LogP contribution in [0.3, 0.4) is 0 Å². The van der Waals surface area contributed by atoms with Gasteiger partial charge >= 0.3 is 11.9 Å². The number of benzene rings is 1. The predicted octanol–water partition coefficient (Wildman–Crippen LogP) is 6.47. The normalized spacial score (nSPS) is 16.6. The molecule has 0 spiro atoms. The second-order valence-electron chi connectivity index (χ2n) is 11.6. The van der Waals surface area contributed by atoms with E-state index >= 15 is 0 Å². The van der Waals surface area contributed by atoms with E-state index in [0.717, 1.165) is 18.4 Å². The third kappa shape index (κ3) is 11.8. The average molecular weight is 584 g/mol. The van der Waals surface area contributed by atoms with Crippen molar-refractivity contribution in [1.82, 2.24) is 0 Å². The van der Waals surface area contributed by atoms with Gasteiger partial charge in [0, 0.05) is 5.56 Å². The van der Waals surface area contributed by atoms with Crippen molar-refractivity contribution in [3.63, 3.8) is 0 Å². The molecule has 0 fully saturated rings. The van der Waals surface area contributed by atoms with E-state index in [2.05, 4.69) is 19.6 Å². The van der Waals surface area contributed by atoms with E-state index in [-0.39, 0.29) is 32.7 Å². The molecule has 0 saturated carbocycles. The fourth-order valence-electron chi connectivity index (χ4n) is 4.76. The minimum atomic E-state index is -1.34. The van der Waals surface area contributed by atoms with Crippen LogP contribution in [0.1, 0.15) is 84.3 Å². The van der Waals surface area contributed by atoms with Crippen LogP contribution in [0.25, 0.3) is 6.08 Å². The van der Waals surface area contributed by atoms with Crippen molar-refractivity contribution < 1.29 is 34.4 Å². The van der Waals surface area contributed by atoms with Crippen LogP contribution in [-0.2, 0) is 20.9 Å². The number of carbonyl (C=O) groups is 2. The van der Waals surface area contributed by atoms with E-state index < -0.39 is 34.8 Å². The number of aliphatic carboxylic acids is 1. The van der Waals surface area contributed by atoms with Crippen LogP contribution < -0.4 is 4.74 Å². The first-order valence-electron chi connectivity index (χ1n) is 14.6. The fourth-order valence-corrected chi connectivity index (χ4v) is 4.76. The number of hydrogen-bond donors (Lipinski definition) is 3. The van der Waals surface area contributed by atoms with Gasteiger partial charge in [-0.2, -0.15) is 5.26 Å². The van der Waals surface area contributed by atoms with Gasteiger partial charge in [0.05, 0.1) is 29.4 Å². The van der Waals surface area contributed by atoms with Crippen LogP contribution in [0.15, 0.2) is 49.1 Å². The molecule has 1 aromatic rings. The molecule has 5 atom stereocenters. The lowest BCUT2D eigenvalue weighted by Gasteiger charge is -2.36. The highest BCUT2D eigenvalue weighted by molar-refractivity contribution is 5.79. The van der Waals surface area contributed by atoms with Crippen LogP contribution in [0.4, 0.5) is 0 Å². The van der Waals surface area contributed by atoms with Gasteiger partial charge in [0.2, 0.25) is 0 Å². The molecule has 0 aromatic heterocycles. The van der Waals surface area contributed by atoms with E-state index in [1.54, 1.807) is 32.9 Å². The molecule has 0 heterocycles. The smallest absolute Gasteiger partial charge is 0.311 e. The van der Waals surface area contributed by atoms with Crippen molar-refractivity contribution in [3.8, 4) is 11.8 Å². The molecule has 1 rings (SSSR count). The number of carboxylic acids is 1. The van der Waals surface area contributed by atoms with Crippen molar-refractivity contribution in [3.05, 3.63) is 60.2 Å². The Bertz CT molecular complexity index is 1120. The molecule has 0 saturated heterocycles. The first-order valence-corrected chi connectivity index (χ1v) is 14.6. The van der Waals surface area contributed by atoms with Crippen molar-refractivity contribution in [1.29, 1.82) is 5.26 Å². The summed E-state index contributed by atoms with van der Waals surface area (Å²) in [5.41, 5.74) is -1.01. The van der Waals surface area contributed by atoms with Gasteiger partial charge in [-0.25, -0.2) is 0 Å². The lowest BCUT2D eigenvalue weighted by Crippen LogP contribution is -2.41. The Kier molecular flexibility index (Phi) is 15.9. The molecule has 1 aromatic carbocycles. The summed E-state index contributed by atoms with van der Waals surface area (Å²) in [5, 5.41) is 39.9. The summed E-state index contributed by atoms with van der Waals surface area (Å²) in [4.78, 5) is 25.6. The first-order chi connectivity index (χ1) is 19.9. The molecule has 0 aliphatic rings. The van der Waals surface area contributed by atoms with Gasteiger partial charge in [-0.1, -0.05) is 50.3 Å². The minimum Gasteiger partial charge on any atom is -0.490 e. The molecule has 232 valence electrons. The Labute approximate surface area is 251 Å². The zero-order chi connectivity index (χ0) is 31.8. The zero-order valence-corrected chi connectivity index (χ0v) is 25.8. The maximum Gasteiger partial charge on any atom is 0.311 e. The average Bonchev–Trinajstić information content (AvgIpc) is 2.97. The molecule has 0 aliphatic carbocycles. The molecule has 0 aliphatic heterocycles. The van der Waals surface area contributed by atoms with E-state index in [9.17, 15) is 30.2 Å². The van der Waals surface area contributed by atoms with Crippen molar-refractivity contribution in [2.45, 2.75) is 85.9 Å². The standard InChI is InChI=1S/C34H49NO7/c1-7-13-26-16-17-30(28(18-26)21-36)41-22-29(37)23-42-32(40)33(5,9-3)24-34(6,31(38)39)19-27(20-35)15-12-10-11-14-25(4)8-2/h7-8,10,12-13,16-18,25,27,29,36-37H,2,9,11,14-15,19,21-24H2,1,3-6H3,(H,38,39)/b12-10+,13-7+. The Morgan fingerprint density at radius 3 is 2.48 bits per heavy atom. The Morgan fingerprint density at radius 1 is 1.19 bits per heavy atom. The van der Waals surface area contributed by atoms with Gasteiger partial charge in [-0.3, -0.25) is 9.59 Å². The number of allylic oxidation sites excluding steroid dienone is 4. The Hall–Kier alpha value is -3.41. The number of hydrogen-bond acceptors (Lipinski definition) is 7. The molecule has 8 heteroatoms. The minimum absolute atomic E-state index is 0.0194. The Balaban J connectivity index is 2.80. The summed E-state index contributed by atoms with van der Waals surface area (Å²) in [5.74, 6) is -1.40. The molecule has 5 unspecified atom stereocenters. The summed E-state index contributed by atoms with van der Waals surface area (Å²) in [6.07, 6.45) is 11.1. The lowest BCUT2D eigenvalue weighted by molar-refractivity contribution is -0.164. The number of ether oxygens (including phenoxy) is 2. The molecule has 8 nitrogen and oxygen atoms in total. The number of aliphatic hydroxyl groups is 2. The van der Waals surface area contributed by atoms with Crippen LogP contribution in [0.5, 0.6) is 5.75 Å². The largest absolute Gasteiger partial charge is 0.490 e. The number of nitrogens with zero attached hydrogens (tertiary/aromatic N) is 1. The summed E-state index contributed by atoms with van der Waals surface area (Å²) in [6.45, 7) is 12.0. The monoisotopic (exact) mass is 583 g/mol. The number of carbonyl (C=O) groups excluding carboxylic acids is 1. The lowest BCUT2D eigenvalue weighted by atomic mass is 9.67. The second-order valence-corrected chi connectivity index (χ2v) is 11.6. The summed E-state index contributed by atoms with van der Waals surface area (Å²) in [7, 11) is 0. The van der Waals surface area contributed by atoms with E-state index in [0.29, 0.717) is 30.1 Å². The maximum atomic E-state index is 13.2. The molecular weight excluding hydrogens is 534 g/mol. The number of rotatable bonds is 20. The first kappa shape index (κ1) is 36.6. The zero-order valence-electron chi connectivity index (χ0n) is 25.8. The quantitative estimate of drug-likeness (QED) is 0.117. The topological polar surface area (TPSA) is 137 Å². The number of aliphatic hydroxyl groups excluding tert-OH is 2. The van der Waals surface area contributed by atoms with Gasteiger partial charge in [0.1, 0.15) is 25.1 Å². The van der Waals surface area contributed by atoms with Gasteiger partial charge in [-0.05, 0) is 82.9 Å². The number of esters is 1.